The van der Waals surface area contributed by atoms with Crippen molar-refractivity contribution in [1.82, 2.24) is 9.97 Å². The van der Waals surface area contributed by atoms with E-state index in [-0.39, 0.29) is 12.0 Å². The van der Waals surface area contributed by atoms with Crippen molar-refractivity contribution in [2.45, 2.75) is 6.42 Å². The van der Waals surface area contributed by atoms with Crippen LogP contribution in [-0.4, -0.2) is 21.0 Å². The van der Waals surface area contributed by atoms with Crippen molar-refractivity contribution in [2.24, 2.45) is 0 Å². The van der Waals surface area contributed by atoms with Crippen molar-refractivity contribution in [1.29, 1.82) is 0 Å². The molecule has 0 aromatic carbocycles. The van der Waals surface area contributed by atoms with Gasteiger partial charge < -0.3 is 10.1 Å². The number of hydrogen-bond acceptors (Lipinski definition) is 3. The molecule has 6 nitrogen and oxygen atoms in total. The Kier molecular flexibility index (Phi) is 2.86. The summed E-state index contributed by atoms with van der Waals surface area (Å²) >= 11 is 0. The van der Waals surface area contributed by atoms with Gasteiger partial charge in [-0.15, -0.1) is 0 Å². The third kappa shape index (κ3) is 2.64. The summed E-state index contributed by atoms with van der Waals surface area (Å²) in [5, 5.41) is 8.26. The maximum Gasteiger partial charge on any atom is 0.325 e. The lowest BCUT2D eigenvalue weighted by molar-refractivity contribution is -0.135. The molecule has 1 aromatic rings. The van der Waals surface area contributed by atoms with Crippen LogP contribution in [0.25, 0.3) is 0 Å². The molecule has 14 heavy (non-hydrogen) atoms. The lowest BCUT2D eigenvalue weighted by atomic mass is 10.3. The summed E-state index contributed by atoms with van der Waals surface area (Å²) in [6.45, 7) is 0. The van der Waals surface area contributed by atoms with Gasteiger partial charge in [0, 0.05) is 6.20 Å². The van der Waals surface area contributed by atoms with E-state index in [0.29, 0.717) is 0 Å². The predicted molar refractivity (Wildman–Crippen MR) is 46.8 cm³/mol. The maximum absolute atomic E-state index is 11.0. The third-order valence-corrected chi connectivity index (χ3v) is 1.28. The average molecular weight is 194 g/mol. The van der Waals surface area contributed by atoms with Gasteiger partial charge in [0.05, 0.1) is 0 Å². The van der Waals surface area contributed by atoms with Crippen LogP contribution in [0.5, 0.6) is 0 Å². The first kappa shape index (κ1) is 9.80. The summed E-state index contributed by atoms with van der Waals surface area (Å²) in [6.07, 6.45) is 0.786. The minimum absolute atomic E-state index is 0.0332. The van der Waals surface area contributed by atoms with Crippen molar-refractivity contribution in [3.05, 3.63) is 32.6 Å². The molecule has 72 valence electrons. The monoisotopic (exact) mass is 194 g/mol. The van der Waals surface area contributed by atoms with E-state index < -0.39 is 17.2 Å². The molecule has 3 N–H and O–H groups in total. The van der Waals surface area contributed by atoms with Crippen LogP contribution in [0.2, 0.25) is 0 Å². The van der Waals surface area contributed by atoms with Crippen LogP contribution in [0.3, 0.4) is 0 Å². The van der Waals surface area contributed by atoms with E-state index in [0.717, 1.165) is 6.20 Å². The van der Waals surface area contributed by atoms with E-state index in [2.05, 4.69) is 16.8 Å². The quantitative estimate of drug-likeness (QED) is 0.493. The van der Waals surface area contributed by atoms with E-state index in [1.807, 2.05) is 4.98 Å². The second-order valence-corrected chi connectivity index (χ2v) is 2.36. The highest BCUT2D eigenvalue weighted by molar-refractivity contribution is 5.70. The van der Waals surface area contributed by atoms with Crippen LogP contribution < -0.4 is 11.2 Å². The van der Waals surface area contributed by atoms with Crippen molar-refractivity contribution >= 4 is 5.97 Å². The molecule has 0 bridgehead atoms. The van der Waals surface area contributed by atoms with Crippen molar-refractivity contribution in [3.63, 3.8) is 0 Å². The van der Waals surface area contributed by atoms with E-state index in [9.17, 15) is 14.4 Å². The van der Waals surface area contributed by atoms with Gasteiger partial charge in [0.25, 0.3) is 5.56 Å². The largest absolute Gasteiger partial charge is 0.481 e. The third-order valence-electron chi connectivity index (χ3n) is 1.28. The molecule has 1 heterocycles. The van der Waals surface area contributed by atoms with Gasteiger partial charge in [-0.3, -0.25) is 14.6 Å². The Bertz CT molecular complexity index is 514. The Labute approximate surface area is 77.6 Å². The summed E-state index contributed by atoms with van der Waals surface area (Å²) < 4.78 is 0. The van der Waals surface area contributed by atoms with Gasteiger partial charge in [0.15, 0.2) is 0 Å². The second-order valence-electron chi connectivity index (χ2n) is 2.36. The zero-order valence-electron chi connectivity index (χ0n) is 6.96. The molecule has 1 rings (SSSR count). The highest BCUT2D eigenvalue weighted by Crippen LogP contribution is 1.81. The number of nitrogens with one attached hydrogen (secondary N) is 2. The van der Waals surface area contributed by atoms with E-state index >= 15 is 0 Å². The van der Waals surface area contributed by atoms with Crippen molar-refractivity contribution < 1.29 is 9.90 Å². The molecule has 6 heteroatoms. The Morgan fingerprint density at radius 1 is 1.50 bits per heavy atom. The van der Waals surface area contributed by atoms with Crippen molar-refractivity contribution in [3.8, 4) is 11.8 Å². The molecule has 0 aliphatic heterocycles. The number of carboxylic acids is 1. The molecule has 0 spiro atoms. The summed E-state index contributed by atoms with van der Waals surface area (Å²) in [5.41, 5.74) is -1.23. The number of hydrogen-bond donors (Lipinski definition) is 3. The summed E-state index contributed by atoms with van der Waals surface area (Å²) in [7, 11) is 0. The molecule has 0 amide bonds. The number of aromatic nitrogens is 2. The van der Waals surface area contributed by atoms with Gasteiger partial charge in [0.2, 0.25) is 0 Å². The van der Waals surface area contributed by atoms with E-state index in [4.69, 9.17) is 5.11 Å². The molecule has 0 aliphatic rings. The minimum atomic E-state index is -1.07. The SMILES string of the molecule is O=C(O)CC#Cc1c[nH]c(=O)[nH]c1=O. The highest BCUT2D eigenvalue weighted by atomic mass is 16.4. The van der Waals surface area contributed by atoms with Crippen LogP contribution in [0.4, 0.5) is 0 Å². The smallest absolute Gasteiger partial charge is 0.325 e. The molecule has 0 saturated carbocycles. The van der Waals surface area contributed by atoms with Crippen molar-refractivity contribution in [2.75, 3.05) is 0 Å². The topological polar surface area (TPSA) is 103 Å². The van der Waals surface area contributed by atoms with E-state index in [1.54, 1.807) is 0 Å². The number of carboxylic acid groups (broad SMARTS) is 1. The molecule has 0 aliphatic carbocycles. The Balaban J connectivity index is 2.96. The fraction of sp³-hybridized carbons (Fsp3) is 0.125. The van der Waals surface area contributed by atoms with Gasteiger partial charge in [-0.05, 0) is 0 Å². The summed E-state index contributed by atoms with van der Waals surface area (Å²) in [6, 6.07) is 0. The van der Waals surface area contributed by atoms with Crippen LogP contribution in [0, 0.1) is 11.8 Å². The lowest BCUT2D eigenvalue weighted by Crippen LogP contribution is -2.23. The fourth-order valence-electron chi connectivity index (χ4n) is 0.718. The fourth-order valence-corrected chi connectivity index (χ4v) is 0.718. The van der Waals surface area contributed by atoms with Gasteiger partial charge in [0.1, 0.15) is 12.0 Å². The van der Waals surface area contributed by atoms with Crippen LogP contribution in [-0.2, 0) is 4.79 Å². The minimum Gasteiger partial charge on any atom is -0.481 e. The second kappa shape index (κ2) is 4.09. The van der Waals surface area contributed by atoms with Gasteiger partial charge >= 0.3 is 11.7 Å². The molecule has 0 radical (unpaired) electrons. The average Bonchev–Trinajstić information content (AvgIpc) is 2.08. The van der Waals surface area contributed by atoms with Gasteiger partial charge in [-0.1, -0.05) is 11.8 Å². The molecule has 0 fully saturated rings. The summed E-state index contributed by atoms with van der Waals surface area (Å²) in [4.78, 5) is 35.8. The number of rotatable bonds is 1. The standard InChI is InChI=1S/C8H6N2O4/c11-6(12)3-1-2-5-4-9-8(14)10-7(5)13/h4H,3H2,(H,11,12)(H2,9,10,13,14). The van der Waals surface area contributed by atoms with Crippen LogP contribution in [0.1, 0.15) is 12.0 Å². The normalized spacial score (nSPS) is 8.86. The first-order valence-electron chi connectivity index (χ1n) is 3.62. The zero-order valence-corrected chi connectivity index (χ0v) is 6.96. The number of aromatic amines is 2. The lowest BCUT2D eigenvalue weighted by Gasteiger charge is -1.86. The Hall–Kier alpha value is -2.29. The number of H-pyrrole nitrogens is 2. The predicted octanol–water partition coefficient (Wildman–Crippen LogP) is -1.11. The van der Waals surface area contributed by atoms with Crippen LogP contribution >= 0.6 is 0 Å². The molecular weight excluding hydrogens is 188 g/mol. The summed E-state index contributed by atoms with van der Waals surface area (Å²) in [5.74, 6) is 3.53. The molecule has 0 saturated heterocycles. The molecule has 0 unspecified atom stereocenters. The molecular formula is C8H6N2O4. The molecule has 0 atom stereocenters. The Morgan fingerprint density at radius 2 is 2.21 bits per heavy atom. The number of aliphatic carboxylic acids is 1. The first-order chi connectivity index (χ1) is 6.59. The highest BCUT2D eigenvalue weighted by Gasteiger charge is 1.95. The maximum atomic E-state index is 11.0. The first-order valence-corrected chi connectivity index (χ1v) is 3.62. The zero-order chi connectivity index (χ0) is 10.6. The van der Waals surface area contributed by atoms with E-state index in [1.165, 1.54) is 0 Å². The van der Waals surface area contributed by atoms with Crippen LogP contribution in [0.15, 0.2) is 15.8 Å². The van der Waals surface area contributed by atoms with Gasteiger partial charge in [-0.25, -0.2) is 4.79 Å². The Morgan fingerprint density at radius 3 is 2.79 bits per heavy atom. The number of carbonyl (C=O) groups is 1. The van der Waals surface area contributed by atoms with Gasteiger partial charge in [-0.2, -0.15) is 0 Å². The molecule has 1 aromatic heterocycles.